The fraction of sp³-hybridized carbons (Fsp3) is 0.375. The van der Waals surface area contributed by atoms with E-state index in [9.17, 15) is 10.2 Å². The molecule has 0 amide bonds. The number of benzene rings is 3. The van der Waals surface area contributed by atoms with Gasteiger partial charge in [-0.05, 0) is 46.8 Å². The van der Waals surface area contributed by atoms with Crippen LogP contribution in [-0.4, -0.2) is 37.5 Å². The van der Waals surface area contributed by atoms with Crippen molar-refractivity contribution in [3.05, 3.63) is 94.8 Å². The summed E-state index contributed by atoms with van der Waals surface area (Å²) in [5.41, 5.74) is 12.2. The smallest absolute Gasteiger partial charge is 0.852 e. The molecule has 0 radical (unpaired) electrons. The molecule has 0 bridgehead atoms. The standard InChI is InChI=1S/C27H31BN2.C5H10O2.Pt/c1-19-15-22(4)27(23(5)16-19)28(26-20(2)9-7-10-21(26)3)24-11-8-12-25(17-24)30-14-13-29(6)18-30;1-4(6)3-5(2)7;/h7-17H,18H2,1-6H3;4-5H,3H2,1-2H3;/q;-2;+2. The van der Waals surface area contributed by atoms with Gasteiger partial charge in [-0.1, -0.05) is 107 Å². The molecule has 204 valence electrons. The second-order valence-corrected chi connectivity index (χ2v) is 10.7. The van der Waals surface area contributed by atoms with E-state index in [-0.39, 0.29) is 34.2 Å². The SMILES string of the molecule is CC([O-])CC(C)[O-].Cc1cc(C)c(B(c2cccc(N3C=CN(C)C3)c2)c2c(C)cccc2C)c(C)c1.[Pt+2]. The maximum Gasteiger partial charge on any atom is 2.00 e. The number of hydrogen-bond acceptors (Lipinski definition) is 4. The summed E-state index contributed by atoms with van der Waals surface area (Å²) in [5.74, 6) is 0. The van der Waals surface area contributed by atoms with Crippen molar-refractivity contribution >= 4 is 28.8 Å². The van der Waals surface area contributed by atoms with Crippen LogP contribution in [0, 0.1) is 34.6 Å². The summed E-state index contributed by atoms with van der Waals surface area (Å²) in [7, 11) is 2.11. The molecule has 4 rings (SSSR count). The van der Waals surface area contributed by atoms with Crippen molar-refractivity contribution in [3.63, 3.8) is 0 Å². The first-order valence-corrected chi connectivity index (χ1v) is 13.2. The summed E-state index contributed by atoms with van der Waals surface area (Å²) in [6.07, 6.45) is 3.17. The van der Waals surface area contributed by atoms with Crippen molar-refractivity contribution in [1.29, 1.82) is 0 Å². The van der Waals surface area contributed by atoms with Gasteiger partial charge in [0.25, 0.3) is 0 Å². The Bertz CT molecular complexity index is 1190. The van der Waals surface area contributed by atoms with Crippen LogP contribution in [0.2, 0.25) is 0 Å². The predicted molar refractivity (Wildman–Crippen MR) is 155 cm³/mol. The Labute approximate surface area is 244 Å². The molecule has 0 N–H and O–H groups in total. The quantitative estimate of drug-likeness (QED) is 0.374. The second-order valence-electron chi connectivity index (χ2n) is 10.7. The average molecular weight is 692 g/mol. The first kappa shape index (κ1) is 31.9. The van der Waals surface area contributed by atoms with Crippen LogP contribution in [-0.2, 0) is 21.1 Å². The number of nitrogens with zero attached hydrogens (tertiary/aromatic N) is 2. The van der Waals surface area contributed by atoms with Gasteiger partial charge in [-0.25, -0.2) is 0 Å². The van der Waals surface area contributed by atoms with Gasteiger partial charge in [0.1, 0.15) is 0 Å². The van der Waals surface area contributed by atoms with Gasteiger partial charge in [0.05, 0.1) is 6.67 Å². The van der Waals surface area contributed by atoms with Crippen LogP contribution in [0.4, 0.5) is 5.69 Å². The van der Waals surface area contributed by atoms with Gasteiger partial charge in [0.2, 0.25) is 6.71 Å². The van der Waals surface area contributed by atoms with Crippen molar-refractivity contribution in [2.75, 3.05) is 18.6 Å². The second kappa shape index (κ2) is 14.2. The van der Waals surface area contributed by atoms with Crippen LogP contribution >= 0.6 is 0 Å². The Balaban J connectivity index is 0.000000561. The van der Waals surface area contributed by atoms with Crippen LogP contribution in [0.25, 0.3) is 0 Å². The van der Waals surface area contributed by atoms with E-state index in [4.69, 9.17) is 0 Å². The third kappa shape index (κ3) is 8.09. The first-order chi connectivity index (χ1) is 17.5. The van der Waals surface area contributed by atoms with Crippen molar-refractivity contribution in [2.45, 2.75) is 67.1 Å². The molecule has 0 fully saturated rings. The molecule has 3 aromatic carbocycles. The third-order valence-electron chi connectivity index (χ3n) is 6.93. The summed E-state index contributed by atoms with van der Waals surface area (Å²) in [4.78, 5) is 4.50. The van der Waals surface area contributed by atoms with Gasteiger partial charge in [0.15, 0.2) is 0 Å². The number of aryl methyl sites for hydroxylation is 5. The van der Waals surface area contributed by atoms with Crippen LogP contribution in [0.15, 0.2) is 67.0 Å². The fourth-order valence-electron chi connectivity index (χ4n) is 5.45. The molecule has 4 nitrogen and oxygen atoms in total. The van der Waals surface area contributed by atoms with E-state index < -0.39 is 12.2 Å². The van der Waals surface area contributed by atoms with E-state index >= 15 is 0 Å². The number of rotatable bonds is 6. The Hall–Kier alpha value is -2.33. The Kier molecular flexibility index (Phi) is 11.9. The van der Waals surface area contributed by atoms with Crippen LogP contribution in [0.1, 0.15) is 48.1 Å². The normalized spacial score (nSPS) is 13.9. The zero-order chi connectivity index (χ0) is 27.3. The molecule has 0 saturated heterocycles. The van der Waals surface area contributed by atoms with Gasteiger partial charge < -0.3 is 20.0 Å². The summed E-state index contributed by atoms with van der Waals surface area (Å²) in [6, 6.07) is 20.4. The molecule has 0 saturated carbocycles. The third-order valence-corrected chi connectivity index (χ3v) is 6.93. The maximum atomic E-state index is 10.1. The number of anilines is 1. The van der Waals surface area contributed by atoms with Gasteiger partial charge >= 0.3 is 21.1 Å². The van der Waals surface area contributed by atoms with Gasteiger partial charge in [0, 0.05) is 25.1 Å². The molecule has 1 heterocycles. The Morgan fingerprint density at radius 1 is 0.763 bits per heavy atom. The van der Waals surface area contributed by atoms with E-state index in [0.717, 1.165) is 6.67 Å². The van der Waals surface area contributed by atoms with E-state index in [1.807, 2.05) is 0 Å². The molecular weight excluding hydrogens is 650 g/mol. The fourth-order valence-corrected chi connectivity index (χ4v) is 5.45. The molecule has 1 aliphatic rings. The summed E-state index contributed by atoms with van der Waals surface area (Å²) in [6.45, 7) is 15.3. The Morgan fingerprint density at radius 3 is 1.76 bits per heavy atom. The minimum absolute atomic E-state index is 0. The summed E-state index contributed by atoms with van der Waals surface area (Å²) < 4.78 is 0. The molecule has 0 spiro atoms. The molecule has 0 aliphatic carbocycles. The van der Waals surface area contributed by atoms with E-state index in [2.05, 4.69) is 118 Å². The zero-order valence-electron chi connectivity index (χ0n) is 24.0. The zero-order valence-corrected chi connectivity index (χ0v) is 26.3. The van der Waals surface area contributed by atoms with E-state index in [1.54, 1.807) is 0 Å². The first-order valence-electron chi connectivity index (χ1n) is 13.2. The van der Waals surface area contributed by atoms with Crippen LogP contribution < -0.4 is 31.5 Å². The van der Waals surface area contributed by atoms with Crippen molar-refractivity contribution in [1.82, 2.24) is 4.90 Å². The van der Waals surface area contributed by atoms with E-state index in [1.165, 1.54) is 63.7 Å². The maximum absolute atomic E-state index is 10.1. The molecule has 2 unspecified atom stereocenters. The summed E-state index contributed by atoms with van der Waals surface area (Å²) in [5, 5.41) is 20.3. The largest absolute Gasteiger partial charge is 2.00 e. The molecule has 38 heavy (non-hydrogen) atoms. The van der Waals surface area contributed by atoms with E-state index in [0.29, 0.717) is 0 Å². The number of hydrogen-bond donors (Lipinski definition) is 0. The molecule has 0 aromatic heterocycles. The molecule has 3 aromatic rings. The van der Waals surface area contributed by atoms with Gasteiger partial charge in [-0.15, -0.1) is 12.2 Å². The molecule has 6 heteroatoms. The van der Waals surface area contributed by atoms with Crippen LogP contribution in [0.3, 0.4) is 0 Å². The van der Waals surface area contributed by atoms with Gasteiger partial charge in [-0.2, -0.15) is 0 Å². The van der Waals surface area contributed by atoms with Gasteiger partial charge in [-0.3, -0.25) is 0 Å². The molecule has 1 aliphatic heterocycles. The predicted octanol–water partition coefficient (Wildman–Crippen LogP) is 2.80. The van der Waals surface area contributed by atoms with Crippen LogP contribution in [0.5, 0.6) is 0 Å². The summed E-state index contributed by atoms with van der Waals surface area (Å²) >= 11 is 0. The van der Waals surface area contributed by atoms with Crippen molar-refractivity contribution in [2.24, 2.45) is 0 Å². The van der Waals surface area contributed by atoms with Crippen molar-refractivity contribution in [3.8, 4) is 0 Å². The monoisotopic (exact) mass is 691 g/mol. The minimum atomic E-state index is -0.688. The average Bonchev–Trinajstić information content (AvgIpc) is 3.23. The Morgan fingerprint density at radius 2 is 1.29 bits per heavy atom. The van der Waals surface area contributed by atoms with Crippen molar-refractivity contribution < 1.29 is 31.3 Å². The molecule has 2 atom stereocenters. The topological polar surface area (TPSA) is 52.6 Å². The minimum Gasteiger partial charge on any atom is -0.852 e. The molecular formula is C32H41BN2O2Pt.